The maximum absolute atomic E-state index is 12.8. The molecule has 1 unspecified atom stereocenters. The van der Waals surface area contributed by atoms with E-state index in [1.807, 2.05) is 0 Å². The molecule has 7 heteroatoms. The van der Waals surface area contributed by atoms with E-state index in [4.69, 9.17) is 0 Å². The molecular weight excluding hydrogens is 284 g/mol. The van der Waals surface area contributed by atoms with Crippen LogP contribution in [0.5, 0.6) is 0 Å². The molecular formula is C13H15F6N. The second-order valence-electron chi connectivity index (χ2n) is 4.45. The summed E-state index contributed by atoms with van der Waals surface area (Å²) in [4.78, 5) is 0. The number of halogens is 6. The minimum Gasteiger partial charge on any atom is -0.309 e. The van der Waals surface area contributed by atoms with E-state index >= 15 is 0 Å². The number of aryl methyl sites for hydroxylation is 1. The van der Waals surface area contributed by atoms with Crippen molar-refractivity contribution in [2.24, 2.45) is 5.92 Å². The lowest BCUT2D eigenvalue weighted by molar-refractivity contribution is -0.292. The van der Waals surface area contributed by atoms with Gasteiger partial charge in [-0.15, -0.1) is 0 Å². The lowest BCUT2D eigenvalue weighted by Crippen LogP contribution is -2.46. The van der Waals surface area contributed by atoms with E-state index in [-0.39, 0.29) is 12.1 Å². The van der Waals surface area contributed by atoms with Gasteiger partial charge in [0.05, 0.1) is 6.04 Å². The maximum Gasteiger partial charge on any atom is 0.402 e. The second kappa shape index (κ2) is 6.03. The number of benzene rings is 1. The van der Waals surface area contributed by atoms with E-state index in [9.17, 15) is 26.3 Å². The van der Waals surface area contributed by atoms with Crippen LogP contribution in [0.2, 0.25) is 0 Å². The van der Waals surface area contributed by atoms with E-state index in [0.717, 1.165) is 0 Å². The van der Waals surface area contributed by atoms with Gasteiger partial charge in [-0.3, -0.25) is 0 Å². The number of nitrogens with one attached hydrogen (secondary N) is 1. The highest BCUT2D eigenvalue weighted by molar-refractivity contribution is 5.30. The molecule has 1 aromatic carbocycles. The molecule has 1 nitrogen and oxygen atoms in total. The Bertz CT molecular complexity index is 423. The monoisotopic (exact) mass is 299 g/mol. The zero-order valence-corrected chi connectivity index (χ0v) is 10.9. The molecule has 1 rings (SSSR count). The molecule has 0 aliphatic heterocycles. The topological polar surface area (TPSA) is 12.0 Å². The Morgan fingerprint density at radius 2 is 1.50 bits per heavy atom. The predicted octanol–water partition coefficient (Wildman–Crippen LogP) is 4.39. The van der Waals surface area contributed by atoms with Gasteiger partial charge in [-0.1, -0.05) is 31.2 Å². The first-order chi connectivity index (χ1) is 9.09. The molecule has 0 amide bonds. The zero-order chi connectivity index (χ0) is 15.6. The molecule has 1 N–H and O–H groups in total. The number of hydrogen-bond acceptors (Lipinski definition) is 1. The molecule has 0 aliphatic rings. The van der Waals surface area contributed by atoms with Crippen LogP contribution >= 0.6 is 0 Å². The first kappa shape index (κ1) is 16.8. The molecule has 0 aromatic heterocycles. The van der Waals surface area contributed by atoms with Crippen LogP contribution in [0.15, 0.2) is 24.3 Å². The third-order valence-electron chi connectivity index (χ3n) is 2.99. The first-order valence-corrected chi connectivity index (χ1v) is 6.01. The molecule has 20 heavy (non-hydrogen) atoms. The maximum atomic E-state index is 12.8. The van der Waals surface area contributed by atoms with Gasteiger partial charge in [0.2, 0.25) is 0 Å². The van der Waals surface area contributed by atoms with Crippen LogP contribution in [0, 0.1) is 12.8 Å². The first-order valence-electron chi connectivity index (χ1n) is 6.01. The summed E-state index contributed by atoms with van der Waals surface area (Å²) in [5.41, 5.74) is 0.394. The third-order valence-corrected chi connectivity index (χ3v) is 2.99. The van der Waals surface area contributed by atoms with Crippen molar-refractivity contribution in [3.8, 4) is 0 Å². The van der Waals surface area contributed by atoms with Gasteiger partial charge in [-0.25, -0.2) is 0 Å². The summed E-state index contributed by atoms with van der Waals surface area (Å²) in [6.07, 6.45) is -10.7. The van der Waals surface area contributed by atoms with Crippen molar-refractivity contribution in [2.75, 3.05) is 6.54 Å². The SMILES string of the molecule is CCNC(c1ccccc1C)C(C(F)(F)F)C(F)(F)F. The molecule has 0 spiro atoms. The fraction of sp³-hybridized carbons (Fsp3) is 0.538. The lowest BCUT2D eigenvalue weighted by Gasteiger charge is -2.32. The van der Waals surface area contributed by atoms with E-state index < -0.39 is 24.3 Å². The van der Waals surface area contributed by atoms with Crippen molar-refractivity contribution < 1.29 is 26.3 Å². The Kier molecular flexibility index (Phi) is 5.07. The summed E-state index contributed by atoms with van der Waals surface area (Å²) >= 11 is 0. The summed E-state index contributed by atoms with van der Waals surface area (Å²) in [5, 5.41) is 2.31. The van der Waals surface area contributed by atoms with Gasteiger partial charge in [0.15, 0.2) is 5.92 Å². The van der Waals surface area contributed by atoms with Crippen molar-refractivity contribution in [2.45, 2.75) is 32.2 Å². The fourth-order valence-electron chi connectivity index (χ4n) is 2.13. The van der Waals surface area contributed by atoms with Crippen LogP contribution in [0.3, 0.4) is 0 Å². The second-order valence-corrected chi connectivity index (χ2v) is 4.45. The van der Waals surface area contributed by atoms with E-state index in [1.165, 1.54) is 32.0 Å². The fourth-order valence-corrected chi connectivity index (χ4v) is 2.13. The summed E-state index contributed by atoms with van der Waals surface area (Å²) in [6.45, 7) is 2.96. The zero-order valence-electron chi connectivity index (χ0n) is 10.9. The van der Waals surface area contributed by atoms with Gasteiger partial charge in [0.1, 0.15) is 0 Å². The molecule has 0 bridgehead atoms. The Labute approximate surface area is 113 Å². The Balaban J connectivity index is 3.33. The summed E-state index contributed by atoms with van der Waals surface area (Å²) in [6, 6.07) is 3.92. The standard InChI is InChI=1S/C13H15F6N/c1-3-20-10(9-7-5-4-6-8(9)2)11(12(14,15)16)13(17,18)19/h4-7,10-11,20H,3H2,1-2H3. The number of alkyl halides is 6. The quantitative estimate of drug-likeness (QED) is 0.813. The van der Waals surface area contributed by atoms with E-state index in [1.54, 1.807) is 6.07 Å². The summed E-state index contributed by atoms with van der Waals surface area (Å²) < 4.78 is 77.1. The van der Waals surface area contributed by atoms with Crippen LogP contribution < -0.4 is 5.32 Å². The molecule has 1 atom stereocenters. The van der Waals surface area contributed by atoms with Crippen molar-refractivity contribution >= 4 is 0 Å². The van der Waals surface area contributed by atoms with Gasteiger partial charge in [-0.05, 0) is 24.6 Å². The van der Waals surface area contributed by atoms with Gasteiger partial charge < -0.3 is 5.32 Å². The predicted molar refractivity (Wildman–Crippen MR) is 63.2 cm³/mol. The number of rotatable bonds is 4. The van der Waals surface area contributed by atoms with Crippen LogP contribution in [-0.2, 0) is 0 Å². The molecule has 114 valence electrons. The van der Waals surface area contributed by atoms with E-state index in [2.05, 4.69) is 5.32 Å². The normalized spacial score (nSPS) is 14.7. The highest BCUT2D eigenvalue weighted by Crippen LogP contribution is 2.46. The minimum atomic E-state index is -5.37. The Morgan fingerprint density at radius 1 is 1.00 bits per heavy atom. The van der Waals surface area contributed by atoms with Gasteiger partial charge in [0, 0.05) is 0 Å². The summed E-state index contributed by atoms with van der Waals surface area (Å²) in [5.74, 6) is -3.43. The molecule has 0 radical (unpaired) electrons. The average molecular weight is 299 g/mol. The average Bonchev–Trinajstić information content (AvgIpc) is 2.25. The van der Waals surface area contributed by atoms with Crippen molar-refractivity contribution in [3.05, 3.63) is 35.4 Å². The smallest absolute Gasteiger partial charge is 0.309 e. The highest BCUT2D eigenvalue weighted by Gasteiger charge is 2.60. The van der Waals surface area contributed by atoms with Gasteiger partial charge >= 0.3 is 12.4 Å². The van der Waals surface area contributed by atoms with Gasteiger partial charge in [0.25, 0.3) is 0 Å². The molecule has 0 heterocycles. The van der Waals surface area contributed by atoms with Crippen LogP contribution in [0.4, 0.5) is 26.3 Å². The highest BCUT2D eigenvalue weighted by atomic mass is 19.4. The number of hydrogen-bond donors (Lipinski definition) is 1. The molecule has 0 saturated heterocycles. The third kappa shape index (κ3) is 3.88. The van der Waals surface area contributed by atoms with Crippen LogP contribution in [-0.4, -0.2) is 18.9 Å². The minimum absolute atomic E-state index is 0.00165. The Morgan fingerprint density at radius 3 is 1.90 bits per heavy atom. The molecule has 0 aliphatic carbocycles. The summed E-state index contributed by atoms with van der Waals surface area (Å²) in [7, 11) is 0. The van der Waals surface area contributed by atoms with Crippen LogP contribution in [0.25, 0.3) is 0 Å². The molecule has 1 aromatic rings. The molecule has 0 fully saturated rings. The Hall–Kier alpha value is -1.24. The van der Waals surface area contributed by atoms with Gasteiger partial charge in [-0.2, -0.15) is 26.3 Å². The van der Waals surface area contributed by atoms with Crippen molar-refractivity contribution in [3.63, 3.8) is 0 Å². The molecule has 0 saturated carbocycles. The largest absolute Gasteiger partial charge is 0.402 e. The van der Waals surface area contributed by atoms with Crippen LogP contribution in [0.1, 0.15) is 24.1 Å². The van der Waals surface area contributed by atoms with E-state index in [0.29, 0.717) is 5.56 Å². The van der Waals surface area contributed by atoms with Crippen molar-refractivity contribution in [1.82, 2.24) is 5.32 Å². The van der Waals surface area contributed by atoms with Crippen molar-refractivity contribution in [1.29, 1.82) is 0 Å². The lowest BCUT2D eigenvalue weighted by atomic mass is 9.89.